The van der Waals surface area contributed by atoms with Crippen molar-refractivity contribution >= 4 is 5.97 Å². The third-order valence-electron chi connectivity index (χ3n) is 5.28. The van der Waals surface area contributed by atoms with E-state index < -0.39 is 23.4 Å². The van der Waals surface area contributed by atoms with Crippen LogP contribution in [0, 0.1) is 17.5 Å². The largest absolute Gasteiger partial charge is 0.485 e. The van der Waals surface area contributed by atoms with Gasteiger partial charge in [0.15, 0.2) is 11.5 Å². The lowest BCUT2D eigenvalue weighted by atomic mass is 10.1. The van der Waals surface area contributed by atoms with E-state index in [4.69, 9.17) is 14.2 Å². The summed E-state index contributed by atoms with van der Waals surface area (Å²) < 4.78 is 59.8. The lowest BCUT2D eigenvalue weighted by Crippen LogP contribution is -2.08. The van der Waals surface area contributed by atoms with Gasteiger partial charge in [-0.05, 0) is 30.3 Å². The Morgan fingerprint density at radius 3 is 1.33 bits per heavy atom. The van der Waals surface area contributed by atoms with Crippen LogP contribution in [-0.2, 0) is 19.8 Å². The van der Waals surface area contributed by atoms with E-state index in [1.807, 2.05) is 0 Å². The van der Waals surface area contributed by atoms with Gasteiger partial charge in [0.25, 0.3) is 0 Å². The van der Waals surface area contributed by atoms with Gasteiger partial charge in [-0.1, -0.05) is 54.6 Å². The van der Waals surface area contributed by atoms with Crippen LogP contribution in [0.3, 0.4) is 0 Å². The van der Waals surface area contributed by atoms with Gasteiger partial charge in [0.2, 0.25) is 5.75 Å². The molecule has 184 valence electrons. The van der Waals surface area contributed by atoms with Crippen molar-refractivity contribution in [1.82, 2.24) is 0 Å². The molecule has 0 heterocycles. The van der Waals surface area contributed by atoms with Crippen LogP contribution in [0.5, 0.6) is 17.2 Å². The minimum Gasteiger partial charge on any atom is -0.485 e. The Bertz CT molecular complexity index is 1300. The number of carboxylic acid groups (broad SMARTS) is 1. The molecule has 0 bridgehead atoms. The van der Waals surface area contributed by atoms with Crippen LogP contribution in [0.1, 0.15) is 27.0 Å². The summed E-state index contributed by atoms with van der Waals surface area (Å²) in [6, 6.07) is 20.3. The molecule has 0 radical (unpaired) electrons. The van der Waals surface area contributed by atoms with E-state index in [-0.39, 0.29) is 59.3 Å². The van der Waals surface area contributed by atoms with Crippen molar-refractivity contribution in [1.29, 1.82) is 0 Å². The number of aromatic carboxylic acids is 1. The average Bonchev–Trinajstić information content (AvgIpc) is 2.87. The third-order valence-corrected chi connectivity index (χ3v) is 5.28. The lowest BCUT2D eigenvalue weighted by molar-refractivity contribution is 0.0695. The molecule has 0 atom stereocenters. The highest BCUT2D eigenvalue weighted by molar-refractivity contribution is 5.89. The zero-order chi connectivity index (χ0) is 25.5. The molecule has 4 rings (SSSR count). The van der Waals surface area contributed by atoms with Crippen LogP contribution < -0.4 is 14.2 Å². The fourth-order valence-corrected chi connectivity index (χ4v) is 3.36. The fraction of sp³-hybridized carbons (Fsp3) is 0.107. The molecule has 36 heavy (non-hydrogen) atoms. The van der Waals surface area contributed by atoms with Gasteiger partial charge in [-0.2, -0.15) is 0 Å². The first-order valence-electron chi connectivity index (χ1n) is 10.9. The van der Waals surface area contributed by atoms with Gasteiger partial charge in [-0.15, -0.1) is 0 Å². The van der Waals surface area contributed by atoms with Gasteiger partial charge >= 0.3 is 5.97 Å². The lowest BCUT2D eigenvalue weighted by Gasteiger charge is -2.18. The number of hydrogen-bond donors (Lipinski definition) is 1. The number of halogens is 3. The van der Waals surface area contributed by atoms with E-state index in [1.165, 1.54) is 66.7 Å². The third kappa shape index (κ3) is 5.96. The molecular weight excluding hydrogens is 473 g/mol. The van der Waals surface area contributed by atoms with Crippen LogP contribution in [0.2, 0.25) is 0 Å². The molecule has 0 saturated carbocycles. The Morgan fingerprint density at radius 2 is 0.972 bits per heavy atom. The molecule has 4 aromatic rings. The van der Waals surface area contributed by atoms with Crippen LogP contribution in [0.4, 0.5) is 13.2 Å². The van der Waals surface area contributed by atoms with Gasteiger partial charge in [0.05, 0.1) is 5.56 Å². The van der Waals surface area contributed by atoms with Crippen LogP contribution in [0.15, 0.2) is 84.9 Å². The fourth-order valence-electron chi connectivity index (χ4n) is 3.36. The molecule has 8 heteroatoms. The molecular formula is C28H21F3O5. The van der Waals surface area contributed by atoms with E-state index in [0.717, 1.165) is 0 Å². The predicted octanol–water partition coefficient (Wildman–Crippen LogP) is 6.54. The second kappa shape index (κ2) is 11.3. The van der Waals surface area contributed by atoms with Crippen molar-refractivity contribution in [2.24, 2.45) is 0 Å². The minimum atomic E-state index is -1.28. The summed E-state index contributed by atoms with van der Waals surface area (Å²) in [7, 11) is 0. The Balaban J connectivity index is 1.70. The topological polar surface area (TPSA) is 65.0 Å². The molecule has 0 amide bonds. The highest BCUT2D eigenvalue weighted by Crippen LogP contribution is 2.40. The van der Waals surface area contributed by atoms with Gasteiger partial charge in [-0.25, -0.2) is 18.0 Å². The van der Waals surface area contributed by atoms with E-state index in [0.29, 0.717) is 0 Å². The van der Waals surface area contributed by atoms with Crippen LogP contribution in [-0.4, -0.2) is 11.1 Å². The summed E-state index contributed by atoms with van der Waals surface area (Å²) in [6.07, 6.45) is 0. The molecule has 4 aromatic carbocycles. The Labute approximate surface area is 205 Å². The monoisotopic (exact) mass is 494 g/mol. The summed E-state index contributed by atoms with van der Waals surface area (Å²) in [5.41, 5.74) is 0.499. The second-order valence-corrected chi connectivity index (χ2v) is 7.75. The minimum absolute atomic E-state index is 0.0315. The zero-order valence-electron chi connectivity index (χ0n) is 18.9. The van der Waals surface area contributed by atoms with E-state index in [1.54, 1.807) is 18.2 Å². The van der Waals surface area contributed by atoms with Gasteiger partial charge in [0.1, 0.15) is 37.3 Å². The van der Waals surface area contributed by atoms with Crippen molar-refractivity contribution in [2.75, 3.05) is 0 Å². The van der Waals surface area contributed by atoms with Crippen molar-refractivity contribution in [3.63, 3.8) is 0 Å². The molecule has 1 N–H and O–H groups in total. The van der Waals surface area contributed by atoms with Gasteiger partial charge in [-0.3, -0.25) is 0 Å². The summed E-state index contributed by atoms with van der Waals surface area (Å²) in [6.45, 7) is -0.706. The predicted molar refractivity (Wildman–Crippen MR) is 126 cm³/mol. The molecule has 5 nitrogen and oxygen atoms in total. The number of rotatable bonds is 10. The summed E-state index contributed by atoms with van der Waals surface area (Å²) in [5.74, 6) is -2.93. The van der Waals surface area contributed by atoms with Crippen LogP contribution in [0.25, 0.3) is 0 Å². The molecule has 0 aliphatic rings. The Morgan fingerprint density at radius 1 is 0.611 bits per heavy atom. The summed E-state index contributed by atoms with van der Waals surface area (Å²) in [4.78, 5) is 11.8. The maximum atomic E-state index is 14.2. The second-order valence-electron chi connectivity index (χ2n) is 7.75. The highest BCUT2D eigenvalue weighted by Gasteiger charge is 2.20. The van der Waals surface area contributed by atoms with Crippen molar-refractivity contribution in [3.8, 4) is 17.2 Å². The number of carbonyl (C=O) groups is 1. The van der Waals surface area contributed by atoms with Crippen molar-refractivity contribution in [2.45, 2.75) is 19.8 Å². The molecule has 0 saturated heterocycles. The molecule has 0 aromatic heterocycles. The molecule has 0 fully saturated rings. The summed E-state index contributed by atoms with van der Waals surface area (Å²) >= 11 is 0. The number of ether oxygens (including phenoxy) is 3. The van der Waals surface area contributed by atoms with Crippen molar-refractivity contribution in [3.05, 3.63) is 125 Å². The van der Waals surface area contributed by atoms with Gasteiger partial charge < -0.3 is 19.3 Å². The maximum Gasteiger partial charge on any atom is 0.335 e. The van der Waals surface area contributed by atoms with E-state index in [2.05, 4.69) is 0 Å². The number of hydrogen-bond acceptors (Lipinski definition) is 4. The number of carboxylic acids is 1. The maximum absolute atomic E-state index is 14.2. The quantitative estimate of drug-likeness (QED) is 0.271. The standard InChI is InChI=1S/C28H21F3O5/c29-22-10-4-1-7-18(22)15-34-25-13-21(28(32)33)14-26(35-16-19-8-2-5-11-23(19)30)27(25)36-17-20-9-3-6-12-24(20)31/h1-14H,15-17H2,(H,32,33). The SMILES string of the molecule is O=C(O)c1cc(OCc2ccccc2F)c(OCc2ccccc2F)c(OCc2ccccc2F)c1. The molecule has 0 unspecified atom stereocenters. The number of benzene rings is 4. The average molecular weight is 494 g/mol. The first kappa shape index (κ1) is 24.7. The van der Waals surface area contributed by atoms with E-state index >= 15 is 0 Å². The molecule has 0 aliphatic carbocycles. The van der Waals surface area contributed by atoms with Gasteiger partial charge in [0, 0.05) is 16.7 Å². The normalized spacial score (nSPS) is 10.6. The Hall–Kier alpha value is -4.46. The Kier molecular flexibility index (Phi) is 7.75. The highest BCUT2D eigenvalue weighted by atomic mass is 19.1. The zero-order valence-corrected chi connectivity index (χ0v) is 18.9. The molecule has 0 aliphatic heterocycles. The van der Waals surface area contributed by atoms with Crippen molar-refractivity contribution < 1.29 is 37.3 Å². The molecule has 0 spiro atoms. The first-order chi connectivity index (χ1) is 17.4. The van der Waals surface area contributed by atoms with E-state index in [9.17, 15) is 23.1 Å². The summed E-state index contributed by atoms with van der Waals surface area (Å²) in [5, 5.41) is 9.61. The first-order valence-corrected chi connectivity index (χ1v) is 10.9. The smallest absolute Gasteiger partial charge is 0.335 e. The van der Waals surface area contributed by atoms with Crippen LogP contribution >= 0.6 is 0 Å².